The Morgan fingerprint density at radius 1 is 0.742 bits per heavy atom. The topological polar surface area (TPSA) is 17.3 Å². The van der Waals surface area contributed by atoms with E-state index in [2.05, 4.69) is 77.2 Å². The average Bonchev–Trinajstić information content (AvgIpc) is 3.52. The number of para-hydroxylation sites is 2. The molecular weight excluding hydrogens is 376 g/mol. The third-order valence-corrected chi connectivity index (χ3v) is 7.34. The van der Waals surface area contributed by atoms with Gasteiger partial charge in [0.1, 0.15) is 0 Å². The summed E-state index contributed by atoms with van der Waals surface area (Å²) in [6.45, 7) is 0. The van der Waals surface area contributed by atoms with Gasteiger partial charge >= 0.3 is 0 Å². The van der Waals surface area contributed by atoms with Crippen LogP contribution in [0, 0.1) is 5.92 Å². The summed E-state index contributed by atoms with van der Waals surface area (Å²) < 4.78 is 2.43. The van der Waals surface area contributed by atoms with Crippen molar-refractivity contribution in [3.8, 4) is 11.3 Å². The van der Waals surface area contributed by atoms with E-state index in [4.69, 9.17) is 4.98 Å². The first-order valence-corrected chi connectivity index (χ1v) is 11.5. The van der Waals surface area contributed by atoms with Gasteiger partial charge in [0.2, 0.25) is 0 Å². The van der Waals surface area contributed by atoms with Gasteiger partial charge in [-0.1, -0.05) is 68.1 Å². The highest BCUT2D eigenvalue weighted by molar-refractivity contribution is 6.23. The molecule has 2 nitrogen and oxygen atoms in total. The first kappa shape index (κ1) is 17.3. The van der Waals surface area contributed by atoms with Crippen LogP contribution in [-0.4, -0.2) is 9.38 Å². The fourth-order valence-corrected chi connectivity index (χ4v) is 5.90. The minimum atomic E-state index is 0.854. The van der Waals surface area contributed by atoms with Crippen LogP contribution in [0.1, 0.15) is 31.2 Å². The number of benzene rings is 3. The van der Waals surface area contributed by atoms with E-state index in [0.29, 0.717) is 0 Å². The van der Waals surface area contributed by atoms with Crippen LogP contribution in [0.3, 0.4) is 0 Å². The van der Waals surface area contributed by atoms with Crippen molar-refractivity contribution in [2.24, 2.45) is 5.92 Å². The largest absolute Gasteiger partial charge is 0.308 e. The maximum Gasteiger partial charge on any atom is 0.0704 e. The van der Waals surface area contributed by atoms with E-state index >= 15 is 0 Å². The Balaban J connectivity index is 1.41. The van der Waals surface area contributed by atoms with Crippen LogP contribution in [0.2, 0.25) is 0 Å². The SMILES string of the molecule is c1ccc2c(c1)c1cccc3c4cc(-c5cc(CC6CCCC6)ccn5)ccc4n2c13. The van der Waals surface area contributed by atoms with Crippen molar-refractivity contribution >= 4 is 38.1 Å². The third-order valence-electron chi connectivity index (χ3n) is 7.34. The van der Waals surface area contributed by atoms with E-state index in [0.717, 1.165) is 11.6 Å². The first-order valence-electron chi connectivity index (χ1n) is 11.5. The standard InChI is InChI=1S/C29H24N2/c1-2-7-19(6-1)16-20-14-15-30-26(17-20)21-12-13-28-25(18-21)24-10-5-9-23-22-8-3-4-11-27(22)31(28)29(23)24/h3-5,8-15,17-19H,1-2,6-7,16H2. The molecule has 0 bridgehead atoms. The average molecular weight is 401 g/mol. The quantitative estimate of drug-likeness (QED) is 0.298. The zero-order valence-corrected chi connectivity index (χ0v) is 17.5. The van der Waals surface area contributed by atoms with Crippen molar-refractivity contribution in [2.45, 2.75) is 32.1 Å². The smallest absolute Gasteiger partial charge is 0.0704 e. The summed E-state index contributed by atoms with van der Waals surface area (Å²) in [5.41, 5.74) is 7.62. The van der Waals surface area contributed by atoms with Gasteiger partial charge in [-0.2, -0.15) is 0 Å². The first-order chi connectivity index (χ1) is 15.4. The van der Waals surface area contributed by atoms with Crippen LogP contribution in [0.25, 0.3) is 49.4 Å². The molecule has 7 rings (SSSR count). The molecule has 0 saturated heterocycles. The summed E-state index contributed by atoms with van der Waals surface area (Å²) in [7, 11) is 0. The van der Waals surface area contributed by atoms with E-state index in [9.17, 15) is 0 Å². The Kier molecular flexibility index (Phi) is 3.66. The highest BCUT2D eigenvalue weighted by Crippen LogP contribution is 2.40. The molecule has 150 valence electrons. The van der Waals surface area contributed by atoms with E-state index in [1.165, 1.54) is 81.3 Å². The molecule has 0 unspecified atom stereocenters. The molecule has 3 heterocycles. The number of hydrogen-bond acceptors (Lipinski definition) is 1. The molecule has 1 saturated carbocycles. The molecule has 6 aromatic rings. The van der Waals surface area contributed by atoms with Gasteiger partial charge in [-0.3, -0.25) is 4.98 Å². The van der Waals surface area contributed by atoms with Gasteiger partial charge in [0.05, 0.1) is 22.2 Å². The molecule has 0 atom stereocenters. The third kappa shape index (κ3) is 2.54. The highest BCUT2D eigenvalue weighted by atomic mass is 14.9. The molecule has 1 aliphatic carbocycles. The number of hydrogen-bond donors (Lipinski definition) is 0. The lowest BCUT2D eigenvalue weighted by Crippen LogP contribution is -1.99. The second kappa shape index (κ2) is 6.55. The van der Waals surface area contributed by atoms with Crippen molar-refractivity contribution in [3.05, 3.63) is 84.6 Å². The lowest BCUT2D eigenvalue weighted by Gasteiger charge is -2.10. The summed E-state index contributed by atoms with van der Waals surface area (Å²) >= 11 is 0. The van der Waals surface area contributed by atoms with Crippen molar-refractivity contribution in [2.75, 3.05) is 0 Å². The molecule has 1 aliphatic rings. The molecule has 0 spiro atoms. The molecule has 0 N–H and O–H groups in total. The molecular formula is C29H24N2. The Morgan fingerprint density at radius 2 is 1.52 bits per heavy atom. The van der Waals surface area contributed by atoms with Crippen LogP contribution >= 0.6 is 0 Å². The predicted molar refractivity (Wildman–Crippen MR) is 130 cm³/mol. The van der Waals surface area contributed by atoms with Crippen molar-refractivity contribution < 1.29 is 0 Å². The number of rotatable bonds is 3. The second-order valence-corrected chi connectivity index (χ2v) is 9.19. The lowest BCUT2D eigenvalue weighted by molar-refractivity contribution is 0.546. The van der Waals surface area contributed by atoms with Crippen LogP contribution in [0.15, 0.2) is 79.0 Å². The number of nitrogens with zero attached hydrogens (tertiary/aromatic N) is 2. The monoisotopic (exact) mass is 400 g/mol. The number of pyridine rings is 1. The van der Waals surface area contributed by atoms with Crippen molar-refractivity contribution in [1.29, 1.82) is 0 Å². The van der Waals surface area contributed by atoms with E-state index in [-0.39, 0.29) is 0 Å². The minimum absolute atomic E-state index is 0.854. The Hall–Kier alpha value is -3.39. The molecule has 2 heteroatoms. The predicted octanol–water partition coefficient (Wildman–Crippen LogP) is 7.63. The molecule has 0 amide bonds. The zero-order chi connectivity index (χ0) is 20.4. The molecule has 1 fully saturated rings. The normalized spacial score (nSPS) is 15.2. The molecule has 0 radical (unpaired) electrons. The zero-order valence-electron chi connectivity index (χ0n) is 17.5. The van der Waals surface area contributed by atoms with Gasteiger partial charge in [0, 0.05) is 33.3 Å². The lowest BCUT2D eigenvalue weighted by atomic mass is 9.97. The molecule has 3 aromatic carbocycles. The summed E-state index contributed by atoms with van der Waals surface area (Å²) in [4.78, 5) is 4.74. The van der Waals surface area contributed by atoms with Crippen LogP contribution in [-0.2, 0) is 6.42 Å². The van der Waals surface area contributed by atoms with E-state index in [1.54, 1.807) is 0 Å². The Morgan fingerprint density at radius 3 is 2.42 bits per heavy atom. The number of aromatic nitrogens is 2. The Labute approximate surface area is 181 Å². The van der Waals surface area contributed by atoms with E-state index < -0.39 is 0 Å². The van der Waals surface area contributed by atoms with Crippen LogP contribution in [0.4, 0.5) is 0 Å². The molecule has 3 aromatic heterocycles. The maximum absolute atomic E-state index is 4.74. The van der Waals surface area contributed by atoms with E-state index in [1.807, 2.05) is 6.20 Å². The Bertz CT molecular complexity index is 1570. The van der Waals surface area contributed by atoms with Gasteiger partial charge in [-0.15, -0.1) is 0 Å². The van der Waals surface area contributed by atoms with Crippen molar-refractivity contribution in [3.63, 3.8) is 0 Å². The van der Waals surface area contributed by atoms with Crippen molar-refractivity contribution in [1.82, 2.24) is 9.38 Å². The maximum atomic E-state index is 4.74. The second-order valence-electron chi connectivity index (χ2n) is 9.19. The molecule has 31 heavy (non-hydrogen) atoms. The van der Waals surface area contributed by atoms with Crippen LogP contribution < -0.4 is 0 Å². The van der Waals surface area contributed by atoms with Gasteiger partial charge in [-0.05, 0) is 48.2 Å². The fourth-order valence-electron chi connectivity index (χ4n) is 5.90. The minimum Gasteiger partial charge on any atom is -0.308 e. The summed E-state index contributed by atoms with van der Waals surface area (Å²) in [6.07, 6.45) is 8.74. The van der Waals surface area contributed by atoms with Gasteiger partial charge in [-0.25, -0.2) is 0 Å². The van der Waals surface area contributed by atoms with Crippen LogP contribution in [0.5, 0.6) is 0 Å². The highest BCUT2D eigenvalue weighted by Gasteiger charge is 2.18. The van der Waals surface area contributed by atoms with Gasteiger partial charge in [0.15, 0.2) is 0 Å². The summed E-state index contributed by atoms with van der Waals surface area (Å²) in [6, 6.07) is 26.8. The fraction of sp³-hybridized carbons (Fsp3) is 0.207. The summed E-state index contributed by atoms with van der Waals surface area (Å²) in [5, 5.41) is 5.30. The van der Waals surface area contributed by atoms with Gasteiger partial charge in [0.25, 0.3) is 0 Å². The molecule has 0 aliphatic heterocycles. The summed E-state index contributed by atoms with van der Waals surface area (Å²) in [5.74, 6) is 0.854. The van der Waals surface area contributed by atoms with Gasteiger partial charge < -0.3 is 4.40 Å². The number of fused-ring (bicyclic) bond motifs is 6.